The van der Waals surface area contributed by atoms with Crippen LogP contribution < -0.4 is 4.74 Å². The average molecular weight is 191 g/mol. The summed E-state index contributed by atoms with van der Waals surface area (Å²) in [5.41, 5.74) is 2.78. The first-order chi connectivity index (χ1) is 6.69. The zero-order valence-electron chi connectivity index (χ0n) is 8.57. The van der Waals surface area contributed by atoms with Crippen LogP contribution in [0.5, 0.6) is 5.75 Å². The van der Waals surface area contributed by atoms with Crippen LogP contribution in [0, 0.1) is 14.0 Å². The molecule has 0 saturated carbocycles. The predicted molar refractivity (Wildman–Crippen MR) is 55.3 cm³/mol. The van der Waals surface area contributed by atoms with E-state index in [-0.39, 0.29) is 0 Å². The van der Waals surface area contributed by atoms with Crippen molar-refractivity contribution in [3.05, 3.63) is 36.4 Å². The molecule has 1 aromatic rings. The third-order valence-corrected chi connectivity index (χ3v) is 1.95. The van der Waals surface area contributed by atoms with E-state index in [0.29, 0.717) is 5.75 Å². The lowest BCUT2D eigenvalue weighted by molar-refractivity contribution is 0.213. The standard InChI is InChI=1S/C11H13NO2/c1-8-7-10(9(2)12-14-4)5-6-11(8)13-3/h3,5-7H,1-2,4H3/b12-9+. The first kappa shape index (κ1) is 10.6. The van der Waals surface area contributed by atoms with Crippen LogP contribution in [0.15, 0.2) is 23.4 Å². The number of rotatable bonds is 3. The molecule has 0 bridgehead atoms. The lowest BCUT2D eigenvalue weighted by atomic mass is 10.1. The van der Waals surface area contributed by atoms with Gasteiger partial charge in [0.2, 0.25) is 0 Å². The first-order valence-corrected chi connectivity index (χ1v) is 4.24. The van der Waals surface area contributed by atoms with E-state index >= 15 is 0 Å². The lowest BCUT2D eigenvalue weighted by Crippen LogP contribution is -1.96. The minimum absolute atomic E-state index is 0.666. The molecule has 3 heteroatoms. The Labute approximate surface area is 84.3 Å². The highest BCUT2D eigenvalue weighted by molar-refractivity contribution is 5.98. The summed E-state index contributed by atoms with van der Waals surface area (Å²) in [5, 5.41) is 3.84. The van der Waals surface area contributed by atoms with Crippen LogP contribution in [0.25, 0.3) is 0 Å². The third kappa shape index (κ3) is 2.25. The van der Waals surface area contributed by atoms with E-state index < -0.39 is 0 Å². The predicted octanol–water partition coefficient (Wildman–Crippen LogP) is 2.41. The zero-order chi connectivity index (χ0) is 10.6. The maximum Gasteiger partial charge on any atom is 0.180 e. The van der Waals surface area contributed by atoms with E-state index in [1.54, 1.807) is 6.07 Å². The van der Waals surface area contributed by atoms with Gasteiger partial charge in [0, 0.05) is 0 Å². The molecule has 0 N–H and O–H groups in total. The molecule has 3 nitrogen and oxygen atoms in total. The monoisotopic (exact) mass is 191 g/mol. The van der Waals surface area contributed by atoms with Crippen LogP contribution in [0.4, 0.5) is 0 Å². The molecule has 0 amide bonds. The normalized spacial score (nSPS) is 11.3. The lowest BCUT2D eigenvalue weighted by Gasteiger charge is -2.06. The smallest absolute Gasteiger partial charge is 0.180 e. The fraction of sp³-hybridized carbons (Fsp3) is 0.273. The molecule has 0 heterocycles. The van der Waals surface area contributed by atoms with E-state index in [2.05, 4.69) is 14.7 Å². The van der Waals surface area contributed by atoms with Crippen molar-refractivity contribution in [3.8, 4) is 5.75 Å². The van der Waals surface area contributed by atoms with Gasteiger partial charge >= 0.3 is 0 Å². The molecule has 0 unspecified atom stereocenters. The van der Waals surface area contributed by atoms with Crippen molar-refractivity contribution in [3.63, 3.8) is 0 Å². The van der Waals surface area contributed by atoms with Gasteiger partial charge in [0.05, 0.1) is 5.71 Å². The van der Waals surface area contributed by atoms with Crippen LogP contribution in [0.2, 0.25) is 0 Å². The van der Waals surface area contributed by atoms with Crippen LogP contribution in [0.3, 0.4) is 0 Å². The van der Waals surface area contributed by atoms with Gasteiger partial charge in [-0.2, -0.15) is 0 Å². The van der Waals surface area contributed by atoms with Crippen molar-refractivity contribution < 1.29 is 9.57 Å². The van der Waals surface area contributed by atoms with E-state index in [1.165, 1.54) is 7.11 Å². The SMILES string of the molecule is [CH]Oc1ccc(/C(C)=N/OC)cc1C. The zero-order valence-corrected chi connectivity index (χ0v) is 8.57. The number of benzene rings is 1. The Hall–Kier alpha value is -1.51. The Kier molecular flexibility index (Phi) is 3.51. The highest BCUT2D eigenvalue weighted by Gasteiger charge is 2.02. The highest BCUT2D eigenvalue weighted by Crippen LogP contribution is 2.19. The molecular weight excluding hydrogens is 178 g/mol. The van der Waals surface area contributed by atoms with Gasteiger partial charge in [-0.25, -0.2) is 0 Å². The number of ether oxygens (including phenoxy) is 1. The summed E-state index contributed by atoms with van der Waals surface area (Å²) in [7, 11) is 6.60. The van der Waals surface area contributed by atoms with E-state index in [4.69, 9.17) is 7.11 Å². The molecule has 0 saturated heterocycles. The van der Waals surface area contributed by atoms with Crippen LogP contribution in [-0.4, -0.2) is 12.8 Å². The molecule has 0 aliphatic rings. The average Bonchev–Trinajstić information content (AvgIpc) is 2.18. The summed E-state index contributed by atoms with van der Waals surface area (Å²) < 4.78 is 4.67. The molecule has 0 aliphatic heterocycles. The molecule has 1 aromatic carbocycles. The van der Waals surface area contributed by atoms with Crippen molar-refractivity contribution in [2.45, 2.75) is 13.8 Å². The van der Waals surface area contributed by atoms with E-state index in [1.807, 2.05) is 26.0 Å². The maximum atomic E-state index is 5.08. The number of aryl methyl sites for hydroxylation is 1. The number of oxime groups is 1. The van der Waals surface area contributed by atoms with Gasteiger partial charge in [-0.15, -0.1) is 0 Å². The fourth-order valence-corrected chi connectivity index (χ4v) is 1.20. The van der Waals surface area contributed by atoms with Gasteiger partial charge in [-0.1, -0.05) is 5.16 Å². The first-order valence-electron chi connectivity index (χ1n) is 4.24. The summed E-state index contributed by atoms with van der Waals surface area (Å²) in [6.45, 7) is 3.80. The van der Waals surface area contributed by atoms with E-state index in [9.17, 15) is 0 Å². The largest absolute Gasteiger partial charge is 0.482 e. The Morgan fingerprint density at radius 3 is 2.64 bits per heavy atom. The summed E-state index contributed by atoms with van der Waals surface area (Å²) in [5.74, 6) is 0.666. The Morgan fingerprint density at radius 2 is 2.14 bits per heavy atom. The summed E-state index contributed by atoms with van der Waals surface area (Å²) in [6.07, 6.45) is 0. The van der Waals surface area contributed by atoms with Crippen molar-refractivity contribution in [2.75, 3.05) is 7.11 Å². The second-order valence-corrected chi connectivity index (χ2v) is 2.96. The number of hydrogen-bond donors (Lipinski definition) is 0. The van der Waals surface area contributed by atoms with E-state index in [0.717, 1.165) is 16.8 Å². The van der Waals surface area contributed by atoms with Crippen LogP contribution in [0.1, 0.15) is 18.1 Å². The summed E-state index contributed by atoms with van der Waals surface area (Å²) in [6, 6.07) is 5.63. The number of hydrogen-bond acceptors (Lipinski definition) is 3. The van der Waals surface area contributed by atoms with Gasteiger partial charge in [0.1, 0.15) is 12.9 Å². The molecule has 0 aliphatic carbocycles. The van der Waals surface area contributed by atoms with Crippen molar-refractivity contribution in [1.82, 2.24) is 0 Å². The molecule has 0 atom stereocenters. The van der Waals surface area contributed by atoms with Gasteiger partial charge in [0.15, 0.2) is 7.11 Å². The molecule has 2 radical (unpaired) electrons. The molecule has 0 spiro atoms. The minimum atomic E-state index is 0.666. The Bertz CT molecular complexity index is 345. The summed E-state index contributed by atoms with van der Waals surface area (Å²) in [4.78, 5) is 4.69. The van der Waals surface area contributed by atoms with Crippen molar-refractivity contribution in [1.29, 1.82) is 0 Å². The highest BCUT2D eigenvalue weighted by atomic mass is 16.6. The topological polar surface area (TPSA) is 30.8 Å². The molecule has 14 heavy (non-hydrogen) atoms. The van der Waals surface area contributed by atoms with Crippen LogP contribution >= 0.6 is 0 Å². The molecule has 74 valence electrons. The molecule has 1 rings (SSSR count). The maximum absolute atomic E-state index is 5.08. The van der Waals surface area contributed by atoms with Crippen molar-refractivity contribution >= 4 is 5.71 Å². The number of nitrogens with zero attached hydrogens (tertiary/aromatic N) is 1. The molecule has 0 aromatic heterocycles. The van der Waals surface area contributed by atoms with Crippen LogP contribution in [-0.2, 0) is 4.84 Å². The minimum Gasteiger partial charge on any atom is -0.482 e. The Balaban J connectivity index is 3.02. The fourth-order valence-electron chi connectivity index (χ4n) is 1.20. The third-order valence-electron chi connectivity index (χ3n) is 1.95. The molecular formula is C11H13NO2. The van der Waals surface area contributed by atoms with Crippen molar-refractivity contribution in [2.24, 2.45) is 5.16 Å². The second-order valence-electron chi connectivity index (χ2n) is 2.96. The van der Waals surface area contributed by atoms with Gasteiger partial charge in [-0.05, 0) is 43.2 Å². The molecule has 0 fully saturated rings. The van der Waals surface area contributed by atoms with Gasteiger partial charge < -0.3 is 9.57 Å². The summed E-state index contributed by atoms with van der Waals surface area (Å²) >= 11 is 0. The second kappa shape index (κ2) is 4.65. The van der Waals surface area contributed by atoms with Gasteiger partial charge in [0.25, 0.3) is 0 Å². The Morgan fingerprint density at radius 1 is 1.43 bits per heavy atom. The van der Waals surface area contributed by atoms with Gasteiger partial charge in [-0.3, -0.25) is 0 Å². The quantitative estimate of drug-likeness (QED) is 0.542.